The van der Waals surface area contributed by atoms with Crippen LogP contribution in [0.3, 0.4) is 0 Å². The number of nitrogens with zero attached hydrogens (tertiary/aromatic N) is 1. The van der Waals surface area contributed by atoms with Crippen LogP contribution in [0.5, 0.6) is 0 Å². The second kappa shape index (κ2) is 7.45. The number of sulfonamides is 1. The summed E-state index contributed by atoms with van der Waals surface area (Å²) < 4.78 is 38.6. The van der Waals surface area contributed by atoms with Crippen LogP contribution in [0.15, 0.2) is 42.5 Å². The molecule has 1 amide bonds. The monoisotopic (exact) mass is 376 g/mol. The molecule has 1 aliphatic heterocycles. The minimum atomic E-state index is -3.32. The average Bonchev–Trinajstić information content (AvgIpc) is 3.00. The highest BCUT2D eigenvalue weighted by molar-refractivity contribution is 7.92. The zero-order chi connectivity index (χ0) is 18.7. The van der Waals surface area contributed by atoms with E-state index >= 15 is 0 Å². The van der Waals surface area contributed by atoms with Gasteiger partial charge in [-0.1, -0.05) is 24.3 Å². The van der Waals surface area contributed by atoms with Crippen LogP contribution in [-0.2, 0) is 27.7 Å². The van der Waals surface area contributed by atoms with Crippen molar-refractivity contribution >= 4 is 27.3 Å². The van der Waals surface area contributed by atoms with Crippen LogP contribution in [0, 0.1) is 5.82 Å². The number of amides is 1. The quantitative estimate of drug-likeness (QED) is 0.842. The largest absolute Gasteiger partial charge is 0.326 e. The minimum absolute atomic E-state index is 0.176. The SMILES string of the molecule is CS(=O)(=O)N1CCc2ccc(NC(=O)CCCc3ccccc3F)cc21. The van der Waals surface area contributed by atoms with E-state index in [1.807, 2.05) is 6.07 Å². The van der Waals surface area contributed by atoms with Crippen LogP contribution < -0.4 is 9.62 Å². The van der Waals surface area contributed by atoms with Crippen LogP contribution in [-0.4, -0.2) is 27.1 Å². The highest BCUT2D eigenvalue weighted by atomic mass is 32.2. The smallest absolute Gasteiger partial charge is 0.232 e. The molecule has 0 saturated carbocycles. The molecule has 0 spiro atoms. The molecule has 3 rings (SSSR count). The van der Waals surface area contributed by atoms with E-state index in [0.717, 1.165) is 5.56 Å². The van der Waals surface area contributed by atoms with Gasteiger partial charge < -0.3 is 5.32 Å². The lowest BCUT2D eigenvalue weighted by molar-refractivity contribution is -0.116. The molecule has 2 aromatic rings. The molecule has 1 N–H and O–H groups in total. The number of aryl methyl sites for hydroxylation is 1. The molecule has 0 aromatic heterocycles. The first-order valence-electron chi connectivity index (χ1n) is 8.48. The minimum Gasteiger partial charge on any atom is -0.326 e. The highest BCUT2D eigenvalue weighted by Crippen LogP contribution is 2.32. The number of benzene rings is 2. The molecule has 1 aliphatic rings. The lowest BCUT2D eigenvalue weighted by Gasteiger charge is -2.17. The van der Waals surface area contributed by atoms with Crippen LogP contribution in [0.25, 0.3) is 0 Å². The molecule has 0 radical (unpaired) electrons. The number of anilines is 2. The molecule has 2 aromatic carbocycles. The maximum absolute atomic E-state index is 13.6. The summed E-state index contributed by atoms with van der Waals surface area (Å²) in [5, 5.41) is 2.79. The lowest BCUT2D eigenvalue weighted by atomic mass is 10.1. The Balaban J connectivity index is 1.59. The van der Waals surface area contributed by atoms with Gasteiger partial charge in [0.15, 0.2) is 0 Å². The summed E-state index contributed by atoms with van der Waals surface area (Å²) in [6.07, 6.45) is 3.13. The summed E-state index contributed by atoms with van der Waals surface area (Å²) in [7, 11) is -3.32. The summed E-state index contributed by atoms with van der Waals surface area (Å²) >= 11 is 0. The number of carbonyl (C=O) groups excluding carboxylic acids is 1. The number of carbonyl (C=O) groups is 1. The van der Waals surface area contributed by atoms with E-state index in [4.69, 9.17) is 0 Å². The first-order chi connectivity index (χ1) is 12.3. The van der Waals surface area contributed by atoms with Crippen molar-refractivity contribution in [1.82, 2.24) is 0 Å². The first-order valence-corrected chi connectivity index (χ1v) is 10.3. The second-order valence-corrected chi connectivity index (χ2v) is 8.33. The number of fused-ring (bicyclic) bond motifs is 1. The van der Waals surface area contributed by atoms with Crippen molar-refractivity contribution in [3.63, 3.8) is 0 Å². The number of nitrogens with one attached hydrogen (secondary N) is 1. The topological polar surface area (TPSA) is 66.5 Å². The van der Waals surface area contributed by atoms with Crippen molar-refractivity contribution < 1.29 is 17.6 Å². The van der Waals surface area contributed by atoms with E-state index in [0.29, 0.717) is 42.7 Å². The highest BCUT2D eigenvalue weighted by Gasteiger charge is 2.26. The maximum Gasteiger partial charge on any atom is 0.232 e. The Morgan fingerprint density at radius 3 is 2.73 bits per heavy atom. The zero-order valence-corrected chi connectivity index (χ0v) is 15.4. The molecular formula is C19H21FN2O3S. The van der Waals surface area contributed by atoms with E-state index in [-0.39, 0.29) is 18.1 Å². The van der Waals surface area contributed by atoms with Crippen LogP contribution in [0.2, 0.25) is 0 Å². The number of hydrogen-bond acceptors (Lipinski definition) is 3. The molecule has 0 fully saturated rings. The Labute approximate surface area is 152 Å². The Kier molecular flexibility index (Phi) is 5.27. The summed E-state index contributed by atoms with van der Waals surface area (Å²) in [5.41, 5.74) is 2.74. The van der Waals surface area contributed by atoms with Crippen molar-refractivity contribution in [3.8, 4) is 0 Å². The number of hydrogen-bond donors (Lipinski definition) is 1. The normalized spacial score (nSPS) is 13.5. The van der Waals surface area contributed by atoms with Gasteiger partial charge in [0.1, 0.15) is 5.82 Å². The van der Waals surface area contributed by atoms with E-state index in [1.165, 1.54) is 16.6 Å². The van der Waals surface area contributed by atoms with Crippen molar-refractivity contribution in [3.05, 3.63) is 59.4 Å². The van der Waals surface area contributed by atoms with Gasteiger partial charge in [0.25, 0.3) is 0 Å². The molecule has 0 atom stereocenters. The van der Waals surface area contributed by atoms with Crippen LogP contribution in [0.4, 0.5) is 15.8 Å². The zero-order valence-electron chi connectivity index (χ0n) is 14.5. The van der Waals surface area contributed by atoms with Crippen molar-refractivity contribution in [2.75, 3.05) is 22.4 Å². The summed E-state index contributed by atoms with van der Waals surface area (Å²) in [4.78, 5) is 12.1. The number of rotatable bonds is 6. The van der Waals surface area contributed by atoms with E-state index in [2.05, 4.69) is 5.32 Å². The molecule has 0 aliphatic carbocycles. The van der Waals surface area contributed by atoms with Crippen LogP contribution >= 0.6 is 0 Å². The third-order valence-electron chi connectivity index (χ3n) is 4.43. The number of halogens is 1. The summed E-state index contributed by atoms with van der Waals surface area (Å²) in [6.45, 7) is 0.425. The summed E-state index contributed by atoms with van der Waals surface area (Å²) in [6, 6.07) is 11.9. The van der Waals surface area contributed by atoms with Gasteiger partial charge in [-0.25, -0.2) is 12.8 Å². The van der Waals surface area contributed by atoms with Crippen molar-refractivity contribution in [2.45, 2.75) is 25.7 Å². The van der Waals surface area contributed by atoms with E-state index in [1.54, 1.807) is 30.3 Å². The Morgan fingerprint density at radius 1 is 1.23 bits per heavy atom. The third kappa shape index (κ3) is 4.22. The van der Waals surface area contributed by atoms with Gasteiger partial charge in [0.05, 0.1) is 11.9 Å². The Bertz CT molecular complexity index is 928. The Morgan fingerprint density at radius 2 is 2.00 bits per heavy atom. The van der Waals surface area contributed by atoms with E-state index in [9.17, 15) is 17.6 Å². The molecule has 0 bridgehead atoms. The Hall–Kier alpha value is -2.41. The summed E-state index contributed by atoms with van der Waals surface area (Å²) in [5.74, 6) is -0.433. The van der Waals surface area contributed by atoms with Gasteiger partial charge in [0, 0.05) is 18.7 Å². The predicted octanol–water partition coefficient (Wildman–Crippen LogP) is 3.11. The average molecular weight is 376 g/mol. The molecule has 0 unspecified atom stereocenters. The van der Waals surface area contributed by atoms with Gasteiger partial charge >= 0.3 is 0 Å². The second-order valence-electron chi connectivity index (χ2n) is 6.42. The third-order valence-corrected chi connectivity index (χ3v) is 5.61. The first kappa shape index (κ1) is 18.4. The van der Waals surface area contributed by atoms with E-state index < -0.39 is 10.0 Å². The van der Waals surface area contributed by atoms with Crippen LogP contribution in [0.1, 0.15) is 24.0 Å². The maximum atomic E-state index is 13.6. The fourth-order valence-corrected chi connectivity index (χ4v) is 4.09. The standard InChI is InChI=1S/C19H21FN2O3S/c1-26(24,25)22-12-11-15-9-10-16(13-18(15)22)21-19(23)8-4-6-14-5-2-3-7-17(14)20/h2-3,5,7,9-10,13H,4,6,8,11-12H2,1H3,(H,21,23). The van der Waals surface area contributed by atoms with Gasteiger partial charge in [0.2, 0.25) is 15.9 Å². The molecule has 5 nitrogen and oxygen atoms in total. The van der Waals surface area contributed by atoms with Crippen molar-refractivity contribution in [1.29, 1.82) is 0 Å². The van der Waals surface area contributed by atoms with Gasteiger partial charge in [-0.3, -0.25) is 9.10 Å². The molecular weight excluding hydrogens is 355 g/mol. The predicted molar refractivity (Wildman–Crippen MR) is 100 cm³/mol. The molecule has 7 heteroatoms. The fraction of sp³-hybridized carbons (Fsp3) is 0.316. The molecule has 0 saturated heterocycles. The van der Waals surface area contributed by atoms with Gasteiger partial charge in [-0.2, -0.15) is 0 Å². The van der Waals surface area contributed by atoms with Crippen molar-refractivity contribution in [2.24, 2.45) is 0 Å². The molecule has 26 heavy (non-hydrogen) atoms. The fourth-order valence-electron chi connectivity index (χ4n) is 3.14. The van der Waals surface area contributed by atoms with Gasteiger partial charge in [-0.05, 0) is 48.6 Å². The lowest BCUT2D eigenvalue weighted by Crippen LogP contribution is -2.27. The van der Waals surface area contributed by atoms with Gasteiger partial charge in [-0.15, -0.1) is 0 Å². The molecule has 1 heterocycles. The molecule has 138 valence electrons.